The van der Waals surface area contributed by atoms with E-state index in [1.54, 1.807) is 0 Å². The van der Waals surface area contributed by atoms with Crippen molar-refractivity contribution in [3.05, 3.63) is 16.1 Å². The third-order valence-electron chi connectivity index (χ3n) is 3.82. The van der Waals surface area contributed by atoms with Gasteiger partial charge in [-0.1, -0.05) is 6.92 Å². The van der Waals surface area contributed by atoms with Gasteiger partial charge in [-0.05, 0) is 51.6 Å². The van der Waals surface area contributed by atoms with Crippen molar-refractivity contribution >= 4 is 36.2 Å². The second-order valence-electron chi connectivity index (χ2n) is 5.46. The van der Waals surface area contributed by atoms with Crippen molar-refractivity contribution < 1.29 is 0 Å². The van der Waals surface area contributed by atoms with Gasteiger partial charge in [-0.25, -0.2) is 4.98 Å². The Labute approximate surface area is 139 Å². The normalized spacial score (nSPS) is 18.1. The first kappa shape index (κ1) is 20.1. The van der Waals surface area contributed by atoms with E-state index in [0.717, 1.165) is 13.0 Å². The minimum absolute atomic E-state index is 0. The Bertz CT molecular complexity index is 363. The predicted molar refractivity (Wildman–Crippen MR) is 92.3 cm³/mol. The molecule has 20 heavy (non-hydrogen) atoms. The Hall–Kier alpha value is 0.130. The SMILES string of the molecule is CCCc1nc(CN2CCC(C(C)N)CC2)cs1.Cl.Cl. The van der Waals surface area contributed by atoms with Gasteiger partial charge in [0.05, 0.1) is 10.7 Å². The molecule has 1 aromatic heterocycles. The van der Waals surface area contributed by atoms with Gasteiger partial charge in [-0.3, -0.25) is 4.90 Å². The van der Waals surface area contributed by atoms with Crippen LogP contribution in [0.2, 0.25) is 0 Å². The molecule has 6 heteroatoms. The maximum atomic E-state index is 5.97. The molecular weight excluding hydrogens is 313 g/mol. The van der Waals surface area contributed by atoms with Crippen LogP contribution < -0.4 is 5.73 Å². The zero-order valence-corrected chi connectivity index (χ0v) is 14.8. The average molecular weight is 340 g/mol. The van der Waals surface area contributed by atoms with E-state index in [-0.39, 0.29) is 24.8 Å². The van der Waals surface area contributed by atoms with E-state index in [9.17, 15) is 0 Å². The third kappa shape index (κ3) is 5.86. The summed E-state index contributed by atoms with van der Waals surface area (Å²) in [6, 6.07) is 0.350. The lowest BCUT2D eigenvalue weighted by atomic mass is 9.91. The van der Waals surface area contributed by atoms with Gasteiger partial charge in [0.1, 0.15) is 0 Å². The van der Waals surface area contributed by atoms with Crippen LogP contribution in [0, 0.1) is 5.92 Å². The largest absolute Gasteiger partial charge is 0.328 e. The van der Waals surface area contributed by atoms with E-state index in [4.69, 9.17) is 10.7 Å². The number of likely N-dealkylation sites (tertiary alicyclic amines) is 1. The molecule has 0 aromatic carbocycles. The molecule has 0 spiro atoms. The molecule has 118 valence electrons. The van der Waals surface area contributed by atoms with Crippen molar-refractivity contribution in [2.75, 3.05) is 13.1 Å². The number of aryl methyl sites for hydroxylation is 1. The second-order valence-corrected chi connectivity index (χ2v) is 6.40. The van der Waals surface area contributed by atoms with Crippen LogP contribution in [0.5, 0.6) is 0 Å². The quantitative estimate of drug-likeness (QED) is 0.892. The molecular formula is C14H27Cl2N3S. The third-order valence-corrected chi connectivity index (χ3v) is 4.78. The van der Waals surface area contributed by atoms with Crippen LogP contribution in [-0.2, 0) is 13.0 Å². The fourth-order valence-corrected chi connectivity index (χ4v) is 3.51. The Morgan fingerprint density at radius 1 is 1.40 bits per heavy atom. The fourth-order valence-electron chi connectivity index (χ4n) is 2.62. The van der Waals surface area contributed by atoms with Crippen molar-refractivity contribution in [3.63, 3.8) is 0 Å². The maximum Gasteiger partial charge on any atom is 0.0928 e. The lowest BCUT2D eigenvalue weighted by Gasteiger charge is -2.33. The van der Waals surface area contributed by atoms with E-state index >= 15 is 0 Å². The van der Waals surface area contributed by atoms with Crippen molar-refractivity contribution in [1.82, 2.24) is 9.88 Å². The minimum atomic E-state index is 0. The number of hydrogen-bond donors (Lipinski definition) is 1. The summed E-state index contributed by atoms with van der Waals surface area (Å²) in [5, 5.41) is 3.51. The highest BCUT2D eigenvalue weighted by Gasteiger charge is 2.22. The number of hydrogen-bond acceptors (Lipinski definition) is 4. The van der Waals surface area contributed by atoms with E-state index < -0.39 is 0 Å². The first-order chi connectivity index (χ1) is 8.69. The van der Waals surface area contributed by atoms with E-state index in [0.29, 0.717) is 12.0 Å². The molecule has 0 bridgehead atoms. The number of thiazole rings is 1. The Kier molecular flexibility index (Phi) is 10.0. The summed E-state index contributed by atoms with van der Waals surface area (Å²) >= 11 is 1.81. The molecule has 1 saturated heterocycles. The minimum Gasteiger partial charge on any atom is -0.328 e. The molecule has 0 aliphatic carbocycles. The molecule has 1 fully saturated rings. The topological polar surface area (TPSA) is 42.2 Å². The van der Waals surface area contributed by atoms with E-state index in [1.807, 2.05) is 11.3 Å². The van der Waals surface area contributed by atoms with Gasteiger partial charge in [0.15, 0.2) is 0 Å². The average Bonchev–Trinajstić information content (AvgIpc) is 2.78. The van der Waals surface area contributed by atoms with Crippen LogP contribution >= 0.6 is 36.2 Å². The predicted octanol–water partition coefficient (Wildman–Crippen LogP) is 3.50. The van der Waals surface area contributed by atoms with Gasteiger partial charge >= 0.3 is 0 Å². The lowest BCUT2D eigenvalue weighted by molar-refractivity contribution is 0.164. The summed E-state index contributed by atoms with van der Waals surface area (Å²) in [6.07, 6.45) is 4.79. The van der Waals surface area contributed by atoms with Gasteiger partial charge in [0.25, 0.3) is 0 Å². The van der Waals surface area contributed by atoms with Crippen LogP contribution in [0.15, 0.2) is 5.38 Å². The van der Waals surface area contributed by atoms with Crippen LogP contribution in [0.4, 0.5) is 0 Å². The summed E-state index contributed by atoms with van der Waals surface area (Å²) in [5.74, 6) is 0.715. The van der Waals surface area contributed by atoms with Crippen LogP contribution in [0.25, 0.3) is 0 Å². The number of rotatable bonds is 5. The zero-order chi connectivity index (χ0) is 13.0. The van der Waals surface area contributed by atoms with Crippen molar-refractivity contribution in [1.29, 1.82) is 0 Å². The highest BCUT2D eigenvalue weighted by Crippen LogP contribution is 2.21. The van der Waals surface area contributed by atoms with Gasteiger partial charge in [-0.15, -0.1) is 36.2 Å². The molecule has 1 aromatic rings. The molecule has 1 atom stereocenters. The maximum absolute atomic E-state index is 5.97. The molecule has 2 N–H and O–H groups in total. The standard InChI is InChI=1S/C14H25N3S.2ClH/c1-3-4-14-16-13(10-18-14)9-17-7-5-12(6-8-17)11(2)15;;/h10-12H,3-9,15H2,1-2H3;2*1H. The smallest absolute Gasteiger partial charge is 0.0928 e. The molecule has 2 heterocycles. The Balaban J connectivity index is 0.00000180. The van der Waals surface area contributed by atoms with Crippen molar-refractivity contribution in [2.45, 2.75) is 52.1 Å². The van der Waals surface area contributed by atoms with E-state index in [2.05, 4.69) is 24.1 Å². The lowest BCUT2D eigenvalue weighted by Crippen LogP contribution is -2.39. The van der Waals surface area contributed by atoms with E-state index in [1.165, 1.54) is 43.1 Å². The highest BCUT2D eigenvalue weighted by molar-refractivity contribution is 7.09. The fraction of sp³-hybridized carbons (Fsp3) is 0.786. The van der Waals surface area contributed by atoms with Gasteiger partial charge < -0.3 is 5.73 Å². The molecule has 0 saturated carbocycles. The Morgan fingerprint density at radius 3 is 2.60 bits per heavy atom. The zero-order valence-electron chi connectivity index (χ0n) is 12.4. The number of nitrogens with two attached hydrogens (primary N) is 1. The number of nitrogens with zero attached hydrogens (tertiary/aromatic N) is 2. The molecule has 3 nitrogen and oxygen atoms in total. The molecule has 1 unspecified atom stereocenters. The Morgan fingerprint density at radius 2 is 2.05 bits per heavy atom. The summed E-state index contributed by atoms with van der Waals surface area (Å²) in [4.78, 5) is 7.22. The number of halogens is 2. The molecule has 1 aliphatic heterocycles. The number of piperidine rings is 1. The second kappa shape index (κ2) is 9.96. The summed E-state index contributed by atoms with van der Waals surface area (Å²) in [5.41, 5.74) is 7.23. The van der Waals surface area contributed by atoms with Crippen LogP contribution in [-0.4, -0.2) is 29.0 Å². The molecule has 0 radical (unpaired) electrons. The first-order valence-electron chi connectivity index (χ1n) is 7.10. The van der Waals surface area contributed by atoms with Gasteiger partial charge in [0.2, 0.25) is 0 Å². The summed E-state index contributed by atoms with van der Waals surface area (Å²) in [6.45, 7) is 7.71. The van der Waals surface area contributed by atoms with Crippen LogP contribution in [0.3, 0.4) is 0 Å². The van der Waals surface area contributed by atoms with Gasteiger partial charge in [0, 0.05) is 18.0 Å². The summed E-state index contributed by atoms with van der Waals surface area (Å²) < 4.78 is 0. The first-order valence-corrected chi connectivity index (χ1v) is 7.98. The van der Waals surface area contributed by atoms with Crippen molar-refractivity contribution in [2.24, 2.45) is 11.7 Å². The number of aromatic nitrogens is 1. The van der Waals surface area contributed by atoms with Crippen molar-refractivity contribution in [3.8, 4) is 0 Å². The monoisotopic (exact) mass is 339 g/mol. The molecule has 0 amide bonds. The summed E-state index contributed by atoms with van der Waals surface area (Å²) in [7, 11) is 0. The van der Waals surface area contributed by atoms with Gasteiger partial charge in [-0.2, -0.15) is 0 Å². The van der Waals surface area contributed by atoms with Crippen LogP contribution in [0.1, 0.15) is 43.8 Å². The molecule has 1 aliphatic rings. The molecule has 2 rings (SSSR count). The highest BCUT2D eigenvalue weighted by atomic mass is 35.5.